The van der Waals surface area contributed by atoms with Gasteiger partial charge in [-0.2, -0.15) is 0 Å². The summed E-state index contributed by atoms with van der Waals surface area (Å²) in [6.45, 7) is 2.08. The Bertz CT molecular complexity index is 198. The maximum Gasteiger partial charge on any atom is 0.176 e. The fourth-order valence-corrected chi connectivity index (χ4v) is 1.24. The lowest BCUT2D eigenvalue weighted by Gasteiger charge is -1.97. The van der Waals surface area contributed by atoms with Gasteiger partial charge in [0.05, 0.1) is 0 Å². The molecule has 46 valence electrons. The fourth-order valence-electron chi connectivity index (χ4n) is 0.735. The minimum Gasteiger partial charge on any atom is -0.349 e. The monoisotopic (exact) mass is 135 g/mol. The molecular formula is C7H9NSi. The van der Waals surface area contributed by atoms with Crippen molar-refractivity contribution in [1.82, 2.24) is 0 Å². The van der Waals surface area contributed by atoms with Crippen molar-refractivity contribution in [2.45, 2.75) is 6.92 Å². The minimum atomic E-state index is 0.429. The molecule has 0 heterocycles. The largest absolute Gasteiger partial charge is 0.349 e. The van der Waals surface area contributed by atoms with Crippen LogP contribution in [0.5, 0.6) is 0 Å². The van der Waals surface area contributed by atoms with Gasteiger partial charge in [-0.05, 0) is 12.1 Å². The topological polar surface area (TPSA) is 26.0 Å². The van der Waals surface area contributed by atoms with Crippen LogP contribution >= 0.6 is 0 Å². The first-order valence-corrected chi connectivity index (χ1v) is 3.94. The Balaban J connectivity index is 3.01. The van der Waals surface area contributed by atoms with Crippen LogP contribution in [0.2, 0.25) is 0 Å². The summed E-state index contributed by atoms with van der Waals surface area (Å²) in [6.07, 6.45) is 0. The molecule has 0 unspecified atom stereocenters. The Morgan fingerprint density at radius 3 is 2.44 bits per heavy atom. The number of hydrogen-bond acceptors (Lipinski definition) is 1. The van der Waals surface area contributed by atoms with E-state index in [9.17, 15) is 0 Å². The van der Waals surface area contributed by atoms with Crippen molar-refractivity contribution in [3.05, 3.63) is 29.8 Å². The Labute approximate surface area is 57.8 Å². The molecule has 0 aromatic heterocycles. The van der Waals surface area contributed by atoms with Gasteiger partial charge in [0.25, 0.3) is 0 Å². The number of aryl methyl sites for hydroxylation is 1. The maximum absolute atomic E-state index is 5.48. The lowest BCUT2D eigenvalue weighted by atomic mass is 10.2. The second-order valence-corrected chi connectivity index (χ2v) is 2.79. The third-order valence-corrected chi connectivity index (χ3v) is 2.17. The summed E-state index contributed by atoms with van der Waals surface area (Å²) in [5.41, 5.74) is 1.29. The van der Waals surface area contributed by atoms with E-state index in [0.717, 1.165) is 0 Å². The summed E-state index contributed by atoms with van der Waals surface area (Å²) in [7, 11) is 0.429. The van der Waals surface area contributed by atoms with E-state index in [1.54, 1.807) is 0 Å². The standard InChI is InChI=1S/C7H9NSi/c1-6-4-2-3-5-7(6)9-8/h2-5H,8H2,1H3. The highest BCUT2D eigenvalue weighted by Gasteiger charge is 1.91. The minimum absolute atomic E-state index is 0.429. The summed E-state index contributed by atoms with van der Waals surface area (Å²) in [4.78, 5) is 0. The molecule has 0 saturated heterocycles. The van der Waals surface area contributed by atoms with Gasteiger partial charge >= 0.3 is 0 Å². The molecule has 0 fully saturated rings. The predicted octanol–water partition coefficient (Wildman–Crippen LogP) is 0.198. The molecule has 0 aliphatic rings. The molecule has 0 aliphatic carbocycles. The zero-order chi connectivity index (χ0) is 6.69. The van der Waals surface area contributed by atoms with E-state index in [2.05, 4.69) is 19.1 Å². The van der Waals surface area contributed by atoms with Crippen molar-refractivity contribution in [3.63, 3.8) is 0 Å². The molecule has 1 aromatic carbocycles. The van der Waals surface area contributed by atoms with Gasteiger partial charge in [0.2, 0.25) is 0 Å². The second kappa shape index (κ2) is 2.80. The highest BCUT2D eigenvalue weighted by molar-refractivity contribution is 6.50. The highest BCUT2D eigenvalue weighted by atomic mass is 28.2. The van der Waals surface area contributed by atoms with Crippen molar-refractivity contribution in [2.24, 2.45) is 5.40 Å². The summed E-state index contributed by atoms with van der Waals surface area (Å²) >= 11 is 0. The molecule has 0 amide bonds. The van der Waals surface area contributed by atoms with Crippen LogP contribution in [-0.2, 0) is 0 Å². The number of nitrogens with two attached hydrogens (primary N) is 1. The Morgan fingerprint density at radius 1 is 1.33 bits per heavy atom. The first-order valence-electron chi connectivity index (χ1n) is 2.87. The molecule has 2 radical (unpaired) electrons. The van der Waals surface area contributed by atoms with E-state index < -0.39 is 0 Å². The van der Waals surface area contributed by atoms with Crippen LogP contribution in [0.1, 0.15) is 5.56 Å². The molecule has 0 saturated carbocycles. The zero-order valence-electron chi connectivity index (χ0n) is 5.39. The SMILES string of the molecule is Cc1ccccc1[Si]N. The van der Waals surface area contributed by atoms with Crippen molar-refractivity contribution in [3.8, 4) is 0 Å². The predicted molar refractivity (Wildman–Crippen MR) is 40.8 cm³/mol. The van der Waals surface area contributed by atoms with Crippen LogP contribution < -0.4 is 10.6 Å². The molecule has 0 aliphatic heterocycles. The Kier molecular flexibility index (Phi) is 2.03. The molecule has 1 nitrogen and oxygen atoms in total. The van der Waals surface area contributed by atoms with Crippen LogP contribution in [0.3, 0.4) is 0 Å². The summed E-state index contributed by atoms with van der Waals surface area (Å²) < 4.78 is 0. The van der Waals surface area contributed by atoms with Gasteiger partial charge in [-0.3, -0.25) is 0 Å². The number of hydrogen-bond donors (Lipinski definition) is 1. The summed E-state index contributed by atoms with van der Waals surface area (Å²) in [6, 6.07) is 8.18. The molecule has 1 rings (SSSR count). The first-order chi connectivity index (χ1) is 4.34. The van der Waals surface area contributed by atoms with Crippen molar-refractivity contribution < 1.29 is 0 Å². The average Bonchev–Trinajstić information content (AvgIpc) is 1.89. The summed E-state index contributed by atoms with van der Waals surface area (Å²) in [5.74, 6) is 0. The Morgan fingerprint density at radius 2 is 2.00 bits per heavy atom. The van der Waals surface area contributed by atoms with E-state index in [1.165, 1.54) is 10.8 Å². The lowest BCUT2D eigenvalue weighted by molar-refractivity contribution is 1.51. The van der Waals surface area contributed by atoms with Crippen LogP contribution in [0.4, 0.5) is 0 Å². The average molecular weight is 135 g/mol. The normalized spacial score (nSPS) is 9.56. The van der Waals surface area contributed by atoms with Gasteiger partial charge in [-0.15, -0.1) is 0 Å². The molecule has 9 heavy (non-hydrogen) atoms. The number of benzene rings is 1. The zero-order valence-corrected chi connectivity index (χ0v) is 6.39. The second-order valence-electron chi connectivity index (χ2n) is 1.96. The van der Waals surface area contributed by atoms with E-state index in [0.29, 0.717) is 9.68 Å². The third-order valence-electron chi connectivity index (χ3n) is 1.30. The molecule has 0 spiro atoms. The van der Waals surface area contributed by atoms with Crippen LogP contribution in [0, 0.1) is 6.92 Å². The van der Waals surface area contributed by atoms with E-state index in [-0.39, 0.29) is 0 Å². The van der Waals surface area contributed by atoms with Crippen LogP contribution in [0.25, 0.3) is 0 Å². The molecular weight excluding hydrogens is 126 g/mol. The summed E-state index contributed by atoms with van der Waals surface area (Å²) in [5, 5.41) is 6.74. The van der Waals surface area contributed by atoms with Gasteiger partial charge in [0.1, 0.15) is 0 Å². The lowest BCUT2D eigenvalue weighted by Crippen LogP contribution is -2.24. The van der Waals surface area contributed by atoms with Gasteiger partial charge in [0.15, 0.2) is 9.68 Å². The van der Waals surface area contributed by atoms with Gasteiger partial charge in [-0.1, -0.05) is 29.8 Å². The molecule has 2 N–H and O–H groups in total. The van der Waals surface area contributed by atoms with Gasteiger partial charge in [0, 0.05) is 0 Å². The van der Waals surface area contributed by atoms with E-state index >= 15 is 0 Å². The van der Waals surface area contributed by atoms with E-state index in [1.807, 2.05) is 12.1 Å². The quantitative estimate of drug-likeness (QED) is 0.547. The van der Waals surface area contributed by atoms with Gasteiger partial charge < -0.3 is 5.40 Å². The molecule has 0 atom stereocenters. The maximum atomic E-state index is 5.48. The van der Waals surface area contributed by atoms with E-state index in [4.69, 9.17) is 5.40 Å². The molecule has 0 bridgehead atoms. The van der Waals surface area contributed by atoms with Crippen LogP contribution in [0.15, 0.2) is 24.3 Å². The smallest absolute Gasteiger partial charge is 0.176 e. The first kappa shape index (κ1) is 6.52. The third kappa shape index (κ3) is 1.40. The fraction of sp³-hybridized carbons (Fsp3) is 0.143. The highest BCUT2D eigenvalue weighted by Crippen LogP contribution is 1.89. The van der Waals surface area contributed by atoms with Crippen molar-refractivity contribution in [2.75, 3.05) is 0 Å². The Hall–Kier alpha value is -0.603. The van der Waals surface area contributed by atoms with Crippen LogP contribution in [-0.4, -0.2) is 9.68 Å². The van der Waals surface area contributed by atoms with Gasteiger partial charge in [-0.25, -0.2) is 0 Å². The van der Waals surface area contributed by atoms with Crippen molar-refractivity contribution in [1.29, 1.82) is 0 Å². The van der Waals surface area contributed by atoms with Crippen molar-refractivity contribution >= 4 is 14.9 Å². The molecule has 1 aromatic rings. The number of rotatable bonds is 1. The molecule has 2 heteroatoms.